The third-order valence-electron chi connectivity index (χ3n) is 6.28. The van der Waals surface area contributed by atoms with E-state index in [-0.39, 0.29) is 6.42 Å². The summed E-state index contributed by atoms with van der Waals surface area (Å²) in [5.41, 5.74) is 0. The van der Waals surface area contributed by atoms with Crippen LogP contribution in [0.15, 0.2) is 12.2 Å². The predicted octanol–water partition coefficient (Wildman–Crippen LogP) is 4.72. The lowest BCUT2D eigenvalue weighted by atomic mass is 9.76. The van der Waals surface area contributed by atoms with Gasteiger partial charge in [0.15, 0.2) is 0 Å². The van der Waals surface area contributed by atoms with Crippen molar-refractivity contribution in [3.8, 4) is 0 Å². The molecule has 4 nitrogen and oxygen atoms in total. The van der Waals surface area contributed by atoms with Crippen molar-refractivity contribution >= 4 is 5.97 Å². The molecule has 0 aromatic heterocycles. The Morgan fingerprint density at radius 1 is 1.04 bits per heavy atom. The van der Waals surface area contributed by atoms with Crippen molar-refractivity contribution in [3.63, 3.8) is 0 Å². The molecule has 1 N–H and O–H groups in total. The summed E-state index contributed by atoms with van der Waals surface area (Å²) in [5.74, 6) is 0.573. The number of carboxylic acids is 1. The van der Waals surface area contributed by atoms with Crippen LogP contribution in [0.4, 0.5) is 0 Å². The van der Waals surface area contributed by atoms with Gasteiger partial charge < -0.3 is 14.6 Å². The van der Waals surface area contributed by atoms with Crippen LogP contribution in [0.1, 0.15) is 77.0 Å². The highest BCUT2D eigenvalue weighted by Crippen LogP contribution is 2.46. The van der Waals surface area contributed by atoms with E-state index in [1.54, 1.807) is 0 Å². The molecule has 0 unspecified atom stereocenters. The van der Waals surface area contributed by atoms with Crippen LogP contribution < -0.4 is 0 Å². The van der Waals surface area contributed by atoms with Gasteiger partial charge >= 0.3 is 5.97 Å². The second-order valence-electron chi connectivity index (χ2n) is 8.03. The Balaban J connectivity index is 1.38. The number of aliphatic carboxylic acids is 1. The van der Waals surface area contributed by atoms with Crippen molar-refractivity contribution < 1.29 is 19.4 Å². The number of carboxylic acid groups (broad SMARTS) is 1. The van der Waals surface area contributed by atoms with E-state index >= 15 is 0 Å². The van der Waals surface area contributed by atoms with Crippen LogP contribution in [0.25, 0.3) is 0 Å². The molecule has 3 aliphatic rings. The fraction of sp³-hybridized carbons (Fsp3) is 0.857. The van der Waals surface area contributed by atoms with Crippen LogP contribution in [0.3, 0.4) is 0 Å². The Morgan fingerprint density at radius 3 is 2.56 bits per heavy atom. The van der Waals surface area contributed by atoms with Crippen LogP contribution in [-0.2, 0) is 14.3 Å². The zero-order valence-corrected chi connectivity index (χ0v) is 15.4. The second kappa shape index (κ2) is 9.72. The molecule has 1 aliphatic carbocycles. The monoisotopic (exact) mass is 350 g/mol. The van der Waals surface area contributed by atoms with Gasteiger partial charge in [0.2, 0.25) is 0 Å². The fourth-order valence-corrected chi connectivity index (χ4v) is 4.94. The minimum atomic E-state index is -0.701. The van der Waals surface area contributed by atoms with Gasteiger partial charge in [-0.3, -0.25) is 4.79 Å². The molecule has 142 valence electrons. The number of rotatable bonds is 10. The quantitative estimate of drug-likeness (QED) is 0.457. The number of ether oxygens (including phenoxy) is 2. The lowest BCUT2D eigenvalue weighted by molar-refractivity contribution is -0.137. The molecule has 2 aliphatic heterocycles. The minimum absolute atomic E-state index is 0.267. The average molecular weight is 350 g/mol. The van der Waals surface area contributed by atoms with E-state index in [0.29, 0.717) is 30.1 Å². The number of unbranched alkanes of at least 4 members (excludes halogenated alkanes) is 1. The normalized spacial score (nSPS) is 32.6. The Labute approximate surface area is 152 Å². The molecule has 3 fully saturated rings. The summed E-state index contributed by atoms with van der Waals surface area (Å²) in [6.07, 6.45) is 18.8. The highest BCUT2D eigenvalue weighted by molar-refractivity contribution is 5.66. The van der Waals surface area contributed by atoms with Gasteiger partial charge in [0.25, 0.3) is 0 Å². The van der Waals surface area contributed by atoms with Crippen LogP contribution in [0.5, 0.6) is 0 Å². The Kier molecular flexibility index (Phi) is 7.35. The van der Waals surface area contributed by atoms with Crippen molar-refractivity contribution in [3.05, 3.63) is 12.2 Å². The molecule has 2 saturated heterocycles. The number of hydrogen-bond donors (Lipinski definition) is 1. The van der Waals surface area contributed by atoms with Crippen molar-refractivity contribution in [1.82, 2.24) is 0 Å². The second-order valence-corrected chi connectivity index (χ2v) is 8.03. The van der Waals surface area contributed by atoms with E-state index in [4.69, 9.17) is 14.6 Å². The Bertz CT molecular complexity index is 441. The number of allylic oxidation sites excluding steroid dienone is 2. The first-order valence-corrected chi connectivity index (χ1v) is 10.4. The molecular weight excluding hydrogens is 316 g/mol. The van der Waals surface area contributed by atoms with E-state index in [9.17, 15) is 4.79 Å². The first-order chi connectivity index (χ1) is 12.2. The molecule has 2 bridgehead atoms. The van der Waals surface area contributed by atoms with E-state index in [1.807, 2.05) is 0 Å². The smallest absolute Gasteiger partial charge is 0.303 e. The summed E-state index contributed by atoms with van der Waals surface area (Å²) >= 11 is 0. The van der Waals surface area contributed by atoms with E-state index in [0.717, 1.165) is 32.3 Å². The largest absolute Gasteiger partial charge is 0.481 e. The maximum Gasteiger partial charge on any atom is 0.303 e. The third-order valence-corrected chi connectivity index (χ3v) is 6.28. The lowest BCUT2D eigenvalue weighted by Gasteiger charge is -2.28. The van der Waals surface area contributed by atoms with Gasteiger partial charge in [0.05, 0.1) is 18.3 Å². The van der Waals surface area contributed by atoms with Gasteiger partial charge in [-0.25, -0.2) is 0 Å². The minimum Gasteiger partial charge on any atom is -0.481 e. The molecule has 0 amide bonds. The summed E-state index contributed by atoms with van der Waals surface area (Å²) in [4.78, 5) is 10.5. The zero-order chi connectivity index (χ0) is 17.5. The molecule has 3 rings (SSSR count). The van der Waals surface area contributed by atoms with E-state index in [1.165, 1.54) is 44.9 Å². The van der Waals surface area contributed by atoms with Gasteiger partial charge in [0, 0.05) is 13.0 Å². The molecule has 1 saturated carbocycles. The van der Waals surface area contributed by atoms with Crippen LogP contribution >= 0.6 is 0 Å². The molecular formula is C21H34O4. The van der Waals surface area contributed by atoms with Gasteiger partial charge in [-0.2, -0.15) is 0 Å². The Hall–Kier alpha value is -0.870. The molecule has 0 aromatic rings. The van der Waals surface area contributed by atoms with Crippen LogP contribution in [0.2, 0.25) is 0 Å². The summed E-state index contributed by atoms with van der Waals surface area (Å²) in [6.45, 7) is 0.890. The van der Waals surface area contributed by atoms with E-state index in [2.05, 4.69) is 12.2 Å². The van der Waals surface area contributed by atoms with Crippen molar-refractivity contribution in [2.75, 3.05) is 6.61 Å². The summed E-state index contributed by atoms with van der Waals surface area (Å²) in [5, 5.41) is 8.67. The van der Waals surface area contributed by atoms with Gasteiger partial charge in [0.1, 0.15) is 0 Å². The summed E-state index contributed by atoms with van der Waals surface area (Å²) < 4.78 is 12.3. The molecule has 4 heteroatoms. The van der Waals surface area contributed by atoms with Gasteiger partial charge in [-0.15, -0.1) is 0 Å². The van der Waals surface area contributed by atoms with E-state index < -0.39 is 5.97 Å². The molecule has 25 heavy (non-hydrogen) atoms. The lowest BCUT2D eigenvalue weighted by Crippen LogP contribution is -2.29. The number of fused-ring (bicyclic) bond motifs is 2. The average Bonchev–Trinajstić information content (AvgIpc) is 3.21. The number of carbonyl (C=O) groups is 1. The zero-order valence-electron chi connectivity index (χ0n) is 15.4. The number of hydrogen-bond acceptors (Lipinski definition) is 3. The highest BCUT2D eigenvalue weighted by Gasteiger charge is 2.47. The first-order valence-electron chi connectivity index (χ1n) is 10.4. The van der Waals surface area contributed by atoms with Crippen molar-refractivity contribution in [1.29, 1.82) is 0 Å². The van der Waals surface area contributed by atoms with Crippen LogP contribution in [0, 0.1) is 11.8 Å². The molecule has 2 heterocycles. The topological polar surface area (TPSA) is 55.8 Å². The standard InChI is InChI=1S/C21H34O4/c22-21(23)11-7-2-1-6-10-17-18(20-13-12-19(17)25-20)14-15-24-16-8-4-3-5-9-16/h1,6,16-20H,2-5,7-15H2,(H,22,23)/b6-1-/t17-,18+,19-,20+/m1/s1. The van der Waals surface area contributed by atoms with Crippen LogP contribution in [-0.4, -0.2) is 36.0 Å². The van der Waals surface area contributed by atoms with Crippen molar-refractivity contribution in [2.24, 2.45) is 11.8 Å². The summed E-state index contributed by atoms with van der Waals surface area (Å²) in [6, 6.07) is 0. The molecule has 4 atom stereocenters. The predicted molar refractivity (Wildman–Crippen MR) is 97.6 cm³/mol. The van der Waals surface area contributed by atoms with Gasteiger partial charge in [-0.05, 0) is 63.2 Å². The van der Waals surface area contributed by atoms with Gasteiger partial charge in [-0.1, -0.05) is 31.4 Å². The molecule has 0 aromatic carbocycles. The maximum absolute atomic E-state index is 10.5. The fourth-order valence-electron chi connectivity index (χ4n) is 4.94. The SMILES string of the molecule is O=C(O)CCC/C=C\C[C@@H]1[C@H](CCOC2CCCCC2)[C@@H]2CC[C@H]1O2. The molecule has 0 radical (unpaired) electrons. The van der Waals surface area contributed by atoms with Crippen molar-refractivity contribution in [2.45, 2.75) is 95.4 Å². The maximum atomic E-state index is 10.5. The highest BCUT2D eigenvalue weighted by atomic mass is 16.5. The third kappa shape index (κ3) is 5.55. The summed E-state index contributed by atoms with van der Waals surface area (Å²) in [7, 11) is 0. The first kappa shape index (κ1) is 18.9. The molecule has 0 spiro atoms. The Morgan fingerprint density at radius 2 is 1.80 bits per heavy atom.